The molecule has 1 aliphatic rings. The highest BCUT2D eigenvalue weighted by molar-refractivity contribution is 9.10. The molecule has 1 aromatic carbocycles. The van der Waals surface area contributed by atoms with E-state index in [0.29, 0.717) is 5.92 Å². The summed E-state index contributed by atoms with van der Waals surface area (Å²) in [5.74, 6) is 0.599. The molecule has 0 aliphatic carbocycles. The highest BCUT2D eigenvalue weighted by Gasteiger charge is 2.37. The molecule has 2 N–H and O–H groups in total. The van der Waals surface area contributed by atoms with Gasteiger partial charge in [0, 0.05) is 22.6 Å². The van der Waals surface area contributed by atoms with Crippen molar-refractivity contribution in [2.45, 2.75) is 39.5 Å². The molecule has 0 saturated carbocycles. The van der Waals surface area contributed by atoms with Crippen LogP contribution in [0.15, 0.2) is 47.1 Å². The Hall–Kier alpha value is -2.08. The zero-order valence-electron chi connectivity index (χ0n) is 15.2. The molecule has 26 heavy (non-hydrogen) atoms. The first-order chi connectivity index (χ1) is 12.5. The van der Waals surface area contributed by atoms with Gasteiger partial charge in [-0.2, -0.15) is 0 Å². The molecule has 0 spiro atoms. The van der Waals surface area contributed by atoms with Crippen LogP contribution in [0.25, 0.3) is 0 Å². The second-order valence-corrected chi connectivity index (χ2v) is 7.96. The summed E-state index contributed by atoms with van der Waals surface area (Å²) in [7, 11) is 0. The van der Waals surface area contributed by atoms with E-state index in [0.717, 1.165) is 21.4 Å². The second-order valence-electron chi connectivity index (χ2n) is 7.04. The molecule has 5 nitrogen and oxygen atoms in total. The number of amides is 1. The van der Waals surface area contributed by atoms with Crippen molar-refractivity contribution in [1.82, 2.24) is 10.3 Å². The Morgan fingerprint density at radius 2 is 2.08 bits per heavy atom. The lowest BCUT2D eigenvalue weighted by molar-refractivity contribution is 0.129. The number of benzene rings is 1. The number of hydrogen-bond donors (Lipinski definition) is 2. The van der Waals surface area contributed by atoms with Crippen LogP contribution in [0.4, 0.5) is 10.5 Å². The Bertz CT molecular complexity index is 767. The number of aromatic nitrogens is 1. The molecule has 0 bridgehead atoms. The number of fused-ring (bicyclic) bond motifs is 1. The van der Waals surface area contributed by atoms with Gasteiger partial charge in [-0.25, -0.2) is 4.79 Å². The molecule has 1 aliphatic heterocycles. The van der Waals surface area contributed by atoms with Gasteiger partial charge in [-0.3, -0.25) is 4.98 Å². The van der Waals surface area contributed by atoms with Crippen molar-refractivity contribution in [1.29, 1.82) is 0 Å². The first-order valence-electron chi connectivity index (χ1n) is 8.85. The number of carbonyl (C=O) groups is 1. The summed E-state index contributed by atoms with van der Waals surface area (Å²) in [6, 6.07) is 11.7. The topological polar surface area (TPSA) is 63.2 Å². The van der Waals surface area contributed by atoms with Gasteiger partial charge in [-0.05, 0) is 33.5 Å². The number of carbonyl (C=O) groups excluding carboxylic acids is 1. The van der Waals surface area contributed by atoms with E-state index in [-0.39, 0.29) is 24.6 Å². The largest absolute Gasteiger partial charge is 0.445 e. The van der Waals surface area contributed by atoms with E-state index in [1.54, 1.807) is 6.20 Å². The molecule has 6 heteroatoms. The van der Waals surface area contributed by atoms with Crippen LogP contribution in [0.2, 0.25) is 0 Å². The van der Waals surface area contributed by atoms with Gasteiger partial charge >= 0.3 is 6.09 Å². The predicted molar refractivity (Wildman–Crippen MR) is 106 cm³/mol. The van der Waals surface area contributed by atoms with Gasteiger partial charge in [0.2, 0.25) is 0 Å². The molecule has 138 valence electrons. The van der Waals surface area contributed by atoms with Crippen LogP contribution in [0.5, 0.6) is 0 Å². The first kappa shape index (κ1) is 18.7. The number of halogens is 1. The molecule has 2 aromatic rings. The number of anilines is 1. The third-order valence-corrected chi connectivity index (χ3v) is 5.23. The molecule has 0 saturated heterocycles. The zero-order chi connectivity index (χ0) is 18.7. The van der Waals surface area contributed by atoms with Gasteiger partial charge in [0.1, 0.15) is 6.61 Å². The summed E-state index contributed by atoms with van der Waals surface area (Å²) in [4.78, 5) is 16.9. The Morgan fingerprint density at radius 1 is 1.35 bits per heavy atom. The fraction of sp³-hybridized carbons (Fsp3) is 0.400. The Balaban J connectivity index is 1.75. The van der Waals surface area contributed by atoms with Crippen molar-refractivity contribution in [2.75, 3.05) is 5.32 Å². The number of alkyl carbamates (subject to hydrolysis) is 1. The summed E-state index contributed by atoms with van der Waals surface area (Å²) in [6.07, 6.45) is 1.33. The van der Waals surface area contributed by atoms with E-state index in [1.165, 1.54) is 0 Å². The van der Waals surface area contributed by atoms with E-state index < -0.39 is 6.09 Å². The maximum absolute atomic E-state index is 12.4. The summed E-state index contributed by atoms with van der Waals surface area (Å²) in [5.41, 5.74) is 2.75. The van der Waals surface area contributed by atoms with E-state index in [9.17, 15) is 4.79 Å². The van der Waals surface area contributed by atoms with Crippen LogP contribution in [-0.2, 0) is 11.3 Å². The molecule has 1 amide bonds. The van der Waals surface area contributed by atoms with Crippen LogP contribution in [0.3, 0.4) is 0 Å². The number of nitrogens with zero attached hydrogens (tertiary/aromatic N) is 1. The quantitative estimate of drug-likeness (QED) is 0.742. The Kier molecular flexibility index (Phi) is 5.81. The van der Waals surface area contributed by atoms with Crippen LogP contribution >= 0.6 is 15.9 Å². The highest BCUT2D eigenvalue weighted by Crippen LogP contribution is 2.38. The Labute approximate surface area is 162 Å². The van der Waals surface area contributed by atoms with Gasteiger partial charge in [-0.15, -0.1) is 0 Å². The normalized spacial score (nSPS) is 21.7. The summed E-state index contributed by atoms with van der Waals surface area (Å²) in [5, 5.41) is 6.58. The van der Waals surface area contributed by atoms with Gasteiger partial charge in [0.15, 0.2) is 0 Å². The van der Waals surface area contributed by atoms with Gasteiger partial charge in [-0.1, -0.05) is 51.1 Å². The number of pyridine rings is 1. The molecule has 3 atom stereocenters. The minimum atomic E-state index is -0.425. The lowest BCUT2D eigenvalue weighted by Gasteiger charge is -2.40. The summed E-state index contributed by atoms with van der Waals surface area (Å²) >= 11 is 3.47. The number of hydrogen-bond acceptors (Lipinski definition) is 4. The monoisotopic (exact) mass is 417 g/mol. The molecule has 1 aromatic heterocycles. The molecular weight excluding hydrogens is 394 g/mol. The molecule has 0 unspecified atom stereocenters. The first-order valence-corrected chi connectivity index (χ1v) is 9.64. The maximum atomic E-state index is 12.4. The minimum Gasteiger partial charge on any atom is -0.445 e. The molecule has 2 heterocycles. The van der Waals surface area contributed by atoms with Crippen molar-refractivity contribution in [2.24, 2.45) is 11.8 Å². The Morgan fingerprint density at radius 3 is 2.77 bits per heavy atom. The van der Waals surface area contributed by atoms with Crippen LogP contribution in [0.1, 0.15) is 38.1 Å². The van der Waals surface area contributed by atoms with Gasteiger partial charge in [0.25, 0.3) is 0 Å². The predicted octanol–water partition coefficient (Wildman–Crippen LogP) is 4.90. The lowest BCUT2D eigenvalue weighted by atomic mass is 9.81. The fourth-order valence-corrected chi connectivity index (χ4v) is 3.78. The van der Waals surface area contributed by atoms with Crippen LogP contribution in [0, 0.1) is 11.8 Å². The van der Waals surface area contributed by atoms with E-state index in [4.69, 9.17) is 4.74 Å². The highest BCUT2D eigenvalue weighted by atomic mass is 79.9. The molecule has 3 rings (SSSR count). The van der Waals surface area contributed by atoms with Crippen LogP contribution in [-0.4, -0.2) is 17.1 Å². The maximum Gasteiger partial charge on any atom is 0.408 e. The molecular formula is C20H24BrN3O2. The van der Waals surface area contributed by atoms with Crippen molar-refractivity contribution >= 4 is 27.7 Å². The second kappa shape index (κ2) is 8.08. The fourth-order valence-electron chi connectivity index (χ4n) is 3.45. The van der Waals surface area contributed by atoms with Gasteiger partial charge in [0.05, 0.1) is 17.4 Å². The van der Waals surface area contributed by atoms with E-state index in [1.807, 2.05) is 36.4 Å². The standard InChI is InChI=1S/C20H24BrN3O2/c1-12(2)17-13(3)18(19-16(23-17)9-15(21)10-22-19)24-20(25)26-11-14-7-5-4-6-8-14/h4-10,12-13,17-18,23H,11H2,1-3H3,(H,24,25)/t13-,17-,18+/m0/s1. The SMILES string of the molecule is CC(C)[C@@H]1Nc2cc(Br)cnc2[C@H](NC(=O)OCc2ccccc2)[C@H]1C. The number of ether oxygens (including phenoxy) is 1. The summed E-state index contributed by atoms with van der Waals surface area (Å²) in [6.45, 7) is 6.73. The van der Waals surface area contributed by atoms with Crippen molar-refractivity contribution in [3.05, 3.63) is 58.3 Å². The van der Waals surface area contributed by atoms with Crippen molar-refractivity contribution in [3.63, 3.8) is 0 Å². The third kappa shape index (κ3) is 4.18. The van der Waals surface area contributed by atoms with Gasteiger partial charge < -0.3 is 15.4 Å². The summed E-state index contributed by atoms with van der Waals surface area (Å²) < 4.78 is 6.31. The zero-order valence-corrected chi connectivity index (χ0v) is 16.8. The lowest BCUT2D eigenvalue weighted by Crippen LogP contribution is -2.46. The van der Waals surface area contributed by atoms with Crippen molar-refractivity contribution < 1.29 is 9.53 Å². The third-order valence-electron chi connectivity index (χ3n) is 4.80. The average molecular weight is 418 g/mol. The average Bonchev–Trinajstić information content (AvgIpc) is 2.62. The van der Waals surface area contributed by atoms with Crippen molar-refractivity contribution in [3.8, 4) is 0 Å². The minimum absolute atomic E-state index is 0.181. The van der Waals surface area contributed by atoms with Crippen LogP contribution < -0.4 is 10.6 Å². The number of nitrogens with one attached hydrogen (secondary N) is 2. The van der Waals surface area contributed by atoms with E-state index >= 15 is 0 Å². The molecule has 0 radical (unpaired) electrons. The number of rotatable bonds is 4. The smallest absolute Gasteiger partial charge is 0.408 e. The molecule has 0 fully saturated rings. The van der Waals surface area contributed by atoms with E-state index in [2.05, 4.69) is 52.3 Å².